The summed E-state index contributed by atoms with van der Waals surface area (Å²) in [6.45, 7) is 6.44. The lowest BCUT2D eigenvalue weighted by Gasteiger charge is -2.12. The minimum Gasteiger partial charge on any atom is -0.494 e. The van der Waals surface area contributed by atoms with E-state index in [1.165, 1.54) is 28.8 Å². The molecule has 5 nitrogen and oxygen atoms in total. The molecular formula is C26H21F3N2O3S. The molecule has 1 amide bonds. The number of amides is 1. The molecule has 0 unspecified atom stereocenters. The van der Waals surface area contributed by atoms with Crippen LogP contribution >= 0.6 is 11.8 Å². The lowest BCUT2D eigenvalue weighted by molar-refractivity contribution is -0.137. The fraction of sp³-hybridized carbons (Fsp3) is 0.154. The molecule has 4 rings (SSSR count). The van der Waals surface area contributed by atoms with Gasteiger partial charge in [0, 0.05) is 18.2 Å². The fourth-order valence-corrected chi connectivity index (χ4v) is 4.33. The van der Waals surface area contributed by atoms with Crippen molar-refractivity contribution in [3.63, 3.8) is 0 Å². The third kappa shape index (κ3) is 5.68. The maximum atomic E-state index is 13.0. The second-order valence-electron chi connectivity index (χ2n) is 7.42. The molecule has 1 aliphatic rings. The third-order valence-electron chi connectivity index (χ3n) is 4.95. The van der Waals surface area contributed by atoms with Gasteiger partial charge < -0.3 is 9.15 Å². The highest BCUT2D eigenvalue weighted by Crippen LogP contribution is 2.36. The second kappa shape index (κ2) is 10.3. The third-order valence-corrected chi connectivity index (χ3v) is 5.95. The molecule has 0 atom stereocenters. The lowest BCUT2D eigenvalue weighted by atomic mass is 10.1. The van der Waals surface area contributed by atoms with Crippen LogP contribution in [0.2, 0.25) is 0 Å². The molecule has 3 aromatic rings. The van der Waals surface area contributed by atoms with Gasteiger partial charge in [-0.25, -0.2) is 4.99 Å². The van der Waals surface area contributed by atoms with Crippen molar-refractivity contribution in [1.29, 1.82) is 0 Å². The van der Waals surface area contributed by atoms with Gasteiger partial charge in [0.05, 0.1) is 22.8 Å². The zero-order valence-corrected chi connectivity index (χ0v) is 19.5. The van der Waals surface area contributed by atoms with Crippen molar-refractivity contribution in [1.82, 2.24) is 4.90 Å². The molecule has 1 aromatic heterocycles. The summed E-state index contributed by atoms with van der Waals surface area (Å²) in [5.41, 5.74) is 0.188. The van der Waals surface area contributed by atoms with Crippen molar-refractivity contribution in [3.05, 3.63) is 89.5 Å². The molecule has 0 aliphatic carbocycles. The van der Waals surface area contributed by atoms with E-state index >= 15 is 0 Å². The van der Waals surface area contributed by atoms with Crippen molar-refractivity contribution < 1.29 is 27.1 Å². The Labute approximate surface area is 204 Å². The lowest BCUT2D eigenvalue weighted by Crippen LogP contribution is -2.29. The summed E-state index contributed by atoms with van der Waals surface area (Å²) < 4.78 is 50.3. The SMILES string of the molecule is C=CCN1C(=O)/C(=C/c2ccc(-c3cccc(C(F)(F)F)c3)o2)SC1=Nc1ccc(OCC)cc1. The van der Waals surface area contributed by atoms with Crippen molar-refractivity contribution in [2.75, 3.05) is 13.2 Å². The number of nitrogens with zero attached hydrogens (tertiary/aromatic N) is 2. The van der Waals surface area contributed by atoms with E-state index in [4.69, 9.17) is 9.15 Å². The zero-order chi connectivity index (χ0) is 25.0. The monoisotopic (exact) mass is 498 g/mol. The van der Waals surface area contributed by atoms with Gasteiger partial charge >= 0.3 is 6.18 Å². The van der Waals surface area contributed by atoms with E-state index in [9.17, 15) is 18.0 Å². The summed E-state index contributed by atoms with van der Waals surface area (Å²) in [4.78, 5) is 19.5. The summed E-state index contributed by atoms with van der Waals surface area (Å²) >= 11 is 1.18. The molecule has 1 aliphatic heterocycles. The Morgan fingerprint density at radius 2 is 1.91 bits per heavy atom. The number of thioether (sulfide) groups is 1. The highest BCUT2D eigenvalue weighted by atomic mass is 32.2. The molecule has 0 saturated carbocycles. The Bertz CT molecular complexity index is 1290. The van der Waals surface area contributed by atoms with Crippen LogP contribution in [0.3, 0.4) is 0 Å². The molecule has 2 aromatic carbocycles. The molecule has 35 heavy (non-hydrogen) atoms. The first-order chi connectivity index (χ1) is 16.8. The number of carbonyl (C=O) groups is 1. The van der Waals surface area contributed by atoms with Crippen LogP contribution in [-0.4, -0.2) is 29.1 Å². The number of amidine groups is 1. The van der Waals surface area contributed by atoms with E-state index in [1.807, 2.05) is 6.92 Å². The first-order valence-corrected chi connectivity index (χ1v) is 11.5. The van der Waals surface area contributed by atoms with E-state index < -0.39 is 11.7 Å². The summed E-state index contributed by atoms with van der Waals surface area (Å²) in [5, 5.41) is 0.481. The van der Waals surface area contributed by atoms with E-state index in [0.717, 1.165) is 17.9 Å². The average Bonchev–Trinajstić information content (AvgIpc) is 3.41. The van der Waals surface area contributed by atoms with E-state index in [1.54, 1.807) is 48.6 Å². The number of rotatable bonds is 7. The Hall–Kier alpha value is -3.72. The number of carbonyl (C=O) groups excluding carboxylic acids is 1. The minimum atomic E-state index is -4.45. The predicted octanol–water partition coefficient (Wildman–Crippen LogP) is 7.15. The van der Waals surface area contributed by atoms with Gasteiger partial charge in [-0.1, -0.05) is 18.2 Å². The summed E-state index contributed by atoms with van der Waals surface area (Å²) in [6, 6.07) is 15.3. The van der Waals surface area contributed by atoms with Crippen molar-refractivity contribution in [3.8, 4) is 17.1 Å². The first kappa shape index (κ1) is 24.4. The number of ether oxygens (including phenoxy) is 1. The van der Waals surface area contributed by atoms with Crippen LogP contribution < -0.4 is 4.74 Å². The Kier molecular flexibility index (Phi) is 7.16. The average molecular weight is 499 g/mol. The van der Waals surface area contributed by atoms with Crippen LogP contribution in [0.5, 0.6) is 5.75 Å². The Morgan fingerprint density at radius 1 is 1.14 bits per heavy atom. The summed E-state index contributed by atoms with van der Waals surface area (Å²) in [5.74, 6) is 1.07. The van der Waals surface area contributed by atoms with Crippen molar-refractivity contribution in [2.45, 2.75) is 13.1 Å². The van der Waals surface area contributed by atoms with Gasteiger partial charge in [-0.3, -0.25) is 9.69 Å². The number of hydrogen-bond acceptors (Lipinski definition) is 5. The van der Waals surface area contributed by atoms with Gasteiger partial charge in [0.2, 0.25) is 0 Å². The second-order valence-corrected chi connectivity index (χ2v) is 8.43. The summed E-state index contributed by atoms with van der Waals surface area (Å²) in [6.07, 6.45) is -1.29. The van der Waals surface area contributed by atoms with Crippen LogP contribution in [0, 0.1) is 0 Å². The van der Waals surface area contributed by atoms with Crippen molar-refractivity contribution >= 4 is 34.6 Å². The van der Waals surface area contributed by atoms with E-state index in [-0.39, 0.29) is 18.2 Å². The molecule has 0 spiro atoms. The zero-order valence-electron chi connectivity index (χ0n) is 18.7. The van der Waals surface area contributed by atoms with Gasteiger partial charge in [0.15, 0.2) is 5.17 Å². The van der Waals surface area contributed by atoms with Crippen molar-refractivity contribution in [2.24, 2.45) is 4.99 Å². The largest absolute Gasteiger partial charge is 0.494 e. The Balaban J connectivity index is 1.59. The first-order valence-electron chi connectivity index (χ1n) is 10.7. The highest BCUT2D eigenvalue weighted by Gasteiger charge is 2.33. The molecule has 1 fully saturated rings. The molecule has 180 valence electrons. The highest BCUT2D eigenvalue weighted by molar-refractivity contribution is 8.18. The molecule has 9 heteroatoms. The predicted molar refractivity (Wildman–Crippen MR) is 131 cm³/mol. The molecule has 0 N–H and O–H groups in total. The van der Waals surface area contributed by atoms with Crippen LogP contribution in [0.4, 0.5) is 18.9 Å². The maximum Gasteiger partial charge on any atom is 0.416 e. The van der Waals surface area contributed by atoms with E-state index in [0.29, 0.717) is 33.7 Å². The minimum absolute atomic E-state index is 0.267. The summed E-state index contributed by atoms with van der Waals surface area (Å²) in [7, 11) is 0. The fourth-order valence-electron chi connectivity index (χ4n) is 3.34. The molecule has 2 heterocycles. The van der Waals surface area contributed by atoms with Crippen LogP contribution in [0.1, 0.15) is 18.2 Å². The molecule has 0 bridgehead atoms. The van der Waals surface area contributed by atoms with Gasteiger partial charge in [-0.2, -0.15) is 13.2 Å². The topological polar surface area (TPSA) is 55.0 Å². The molecule has 0 radical (unpaired) electrons. The number of benzene rings is 2. The normalized spacial score (nSPS) is 16.3. The van der Waals surface area contributed by atoms with Crippen LogP contribution in [0.25, 0.3) is 17.4 Å². The van der Waals surface area contributed by atoms with Gasteiger partial charge in [-0.05, 0) is 67.2 Å². The number of halogens is 3. The number of aliphatic imine (C=N–C) groups is 1. The van der Waals surface area contributed by atoms with Crippen LogP contribution in [0.15, 0.2) is 87.6 Å². The number of alkyl halides is 3. The smallest absolute Gasteiger partial charge is 0.416 e. The van der Waals surface area contributed by atoms with Gasteiger partial charge in [-0.15, -0.1) is 6.58 Å². The van der Waals surface area contributed by atoms with Gasteiger partial charge in [0.25, 0.3) is 5.91 Å². The quantitative estimate of drug-likeness (QED) is 0.256. The van der Waals surface area contributed by atoms with Gasteiger partial charge in [0.1, 0.15) is 17.3 Å². The Morgan fingerprint density at radius 3 is 2.60 bits per heavy atom. The number of furan rings is 1. The molecular weight excluding hydrogens is 477 g/mol. The molecule has 1 saturated heterocycles. The maximum absolute atomic E-state index is 13.0. The van der Waals surface area contributed by atoms with E-state index in [2.05, 4.69) is 11.6 Å². The number of hydrogen-bond donors (Lipinski definition) is 0. The standard InChI is InChI=1S/C26H21F3N2O3S/c1-3-14-31-24(32)23(35-25(31)30-19-8-10-20(11-9-19)33-4-2)16-21-12-13-22(34-21)17-6-5-7-18(15-17)26(27,28)29/h3,5-13,15-16H,1,4,14H2,2H3/b23-16-,30-25?. The van der Waals surface area contributed by atoms with Crippen LogP contribution in [-0.2, 0) is 11.0 Å².